The topological polar surface area (TPSA) is 69.7 Å². The van der Waals surface area contributed by atoms with Crippen molar-refractivity contribution in [1.82, 2.24) is 9.21 Å². The first-order valence-electron chi connectivity index (χ1n) is 8.59. The molecule has 0 atom stereocenters. The van der Waals surface area contributed by atoms with Gasteiger partial charge in [0.05, 0.1) is 21.5 Å². The fraction of sp³-hybridized carbons (Fsp3) is 0.278. The van der Waals surface area contributed by atoms with Crippen LogP contribution in [0.3, 0.4) is 0 Å². The van der Waals surface area contributed by atoms with Crippen molar-refractivity contribution < 1.29 is 22.0 Å². The summed E-state index contributed by atoms with van der Waals surface area (Å²) in [4.78, 5) is 13.9. The van der Waals surface area contributed by atoms with Crippen LogP contribution in [0.25, 0.3) is 0 Å². The van der Waals surface area contributed by atoms with E-state index in [0.29, 0.717) is 13.1 Å². The average Bonchev–Trinajstić information content (AvgIpc) is 2.67. The predicted octanol–water partition coefficient (Wildman–Crippen LogP) is 3.22. The van der Waals surface area contributed by atoms with Crippen molar-refractivity contribution in [2.75, 3.05) is 38.0 Å². The fourth-order valence-electron chi connectivity index (χ4n) is 2.89. The summed E-state index contributed by atoms with van der Waals surface area (Å²) in [6.45, 7) is 1.07. The Kier molecular flexibility index (Phi) is 6.75. The van der Waals surface area contributed by atoms with Gasteiger partial charge in [0.1, 0.15) is 0 Å². The maximum atomic E-state index is 13.2. The molecule has 0 radical (unpaired) electrons. The van der Waals surface area contributed by atoms with Crippen molar-refractivity contribution in [2.24, 2.45) is 0 Å². The molecule has 1 aliphatic rings. The maximum absolute atomic E-state index is 13.2. The lowest BCUT2D eigenvalue weighted by atomic mass is 10.3. The molecule has 6 nitrogen and oxygen atoms in total. The summed E-state index contributed by atoms with van der Waals surface area (Å²) >= 11 is 11.7. The van der Waals surface area contributed by atoms with Crippen LogP contribution >= 0.6 is 23.2 Å². The van der Waals surface area contributed by atoms with E-state index in [0.717, 1.165) is 12.1 Å². The van der Waals surface area contributed by atoms with E-state index in [1.54, 1.807) is 4.90 Å². The fourth-order valence-corrected chi connectivity index (χ4v) is 4.70. The minimum absolute atomic E-state index is 0.000341. The number of piperazine rings is 1. The van der Waals surface area contributed by atoms with Crippen molar-refractivity contribution in [3.8, 4) is 0 Å². The standard InChI is InChI=1S/C18H17Cl2F2N3O3S/c19-14-3-2-13(10-15(14)20)29(27,28)25-7-5-24(6-8-25)11-18(26)23-12-1-4-16(21)17(22)9-12/h1-4,9-10H,5-8,11H2,(H,23,26). The number of amides is 1. The number of rotatable bonds is 5. The van der Waals surface area contributed by atoms with E-state index >= 15 is 0 Å². The Morgan fingerprint density at radius 2 is 1.66 bits per heavy atom. The van der Waals surface area contributed by atoms with Crippen LogP contribution in [0, 0.1) is 11.6 Å². The highest BCUT2D eigenvalue weighted by Crippen LogP contribution is 2.27. The molecular formula is C18H17Cl2F2N3O3S. The molecule has 1 saturated heterocycles. The largest absolute Gasteiger partial charge is 0.325 e. The average molecular weight is 464 g/mol. The van der Waals surface area contributed by atoms with E-state index in [9.17, 15) is 22.0 Å². The van der Waals surface area contributed by atoms with Gasteiger partial charge in [-0.25, -0.2) is 17.2 Å². The minimum Gasteiger partial charge on any atom is -0.325 e. The van der Waals surface area contributed by atoms with Crippen LogP contribution in [0.5, 0.6) is 0 Å². The summed E-state index contributed by atoms with van der Waals surface area (Å²) in [7, 11) is -3.72. The summed E-state index contributed by atoms with van der Waals surface area (Å²) in [6, 6.07) is 7.21. The Balaban J connectivity index is 1.56. The molecule has 0 saturated carbocycles. The lowest BCUT2D eigenvalue weighted by Gasteiger charge is -2.33. The van der Waals surface area contributed by atoms with Gasteiger partial charge in [-0.15, -0.1) is 0 Å². The molecule has 1 amide bonds. The zero-order valence-corrected chi connectivity index (χ0v) is 17.4. The number of carbonyl (C=O) groups is 1. The van der Waals surface area contributed by atoms with Gasteiger partial charge in [-0.1, -0.05) is 23.2 Å². The van der Waals surface area contributed by atoms with Crippen molar-refractivity contribution in [2.45, 2.75) is 4.90 Å². The number of nitrogens with zero attached hydrogens (tertiary/aromatic N) is 2. The van der Waals surface area contributed by atoms with E-state index in [2.05, 4.69) is 5.32 Å². The summed E-state index contributed by atoms with van der Waals surface area (Å²) < 4.78 is 53.0. The predicted molar refractivity (Wildman–Crippen MR) is 107 cm³/mol. The van der Waals surface area contributed by atoms with E-state index < -0.39 is 27.6 Å². The molecular weight excluding hydrogens is 447 g/mol. The summed E-state index contributed by atoms with van der Waals surface area (Å²) in [5.41, 5.74) is 0.148. The van der Waals surface area contributed by atoms with Gasteiger partial charge in [-0.2, -0.15) is 4.31 Å². The van der Waals surface area contributed by atoms with Crippen molar-refractivity contribution >= 4 is 44.8 Å². The first-order valence-corrected chi connectivity index (χ1v) is 10.8. The maximum Gasteiger partial charge on any atom is 0.243 e. The molecule has 1 N–H and O–H groups in total. The Morgan fingerprint density at radius 3 is 2.28 bits per heavy atom. The third-order valence-corrected chi connectivity index (χ3v) is 7.06. The molecule has 2 aromatic carbocycles. The molecule has 0 spiro atoms. The molecule has 0 aliphatic carbocycles. The van der Waals surface area contributed by atoms with Crippen molar-refractivity contribution in [1.29, 1.82) is 0 Å². The van der Waals surface area contributed by atoms with Crippen LogP contribution < -0.4 is 5.32 Å². The van der Waals surface area contributed by atoms with Gasteiger partial charge in [-0.3, -0.25) is 9.69 Å². The Bertz CT molecular complexity index is 1030. The second-order valence-corrected chi connectivity index (χ2v) is 9.19. The molecule has 0 aromatic heterocycles. The number of sulfonamides is 1. The summed E-state index contributed by atoms with van der Waals surface area (Å²) in [6.07, 6.45) is 0. The Hall–Kier alpha value is -1.78. The first-order chi connectivity index (χ1) is 13.7. The molecule has 0 unspecified atom stereocenters. The number of hydrogen-bond acceptors (Lipinski definition) is 4. The van der Waals surface area contributed by atoms with Crippen LogP contribution in [-0.4, -0.2) is 56.3 Å². The monoisotopic (exact) mass is 463 g/mol. The zero-order valence-electron chi connectivity index (χ0n) is 15.0. The van der Waals surface area contributed by atoms with Gasteiger partial charge in [-0.05, 0) is 30.3 Å². The van der Waals surface area contributed by atoms with Crippen molar-refractivity contribution in [3.63, 3.8) is 0 Å². The van der Waals surface area contributed by atoms with E-state index in [1.165, 1.54) is 28.6 Å². The molecule has 3 rings (SSSR count). The highest BCUT2D eigenvalue weighted by Gasteiger charge is 2.29. The smallest absolute Gasteiger partial charge is 0.243 e. The Labute approximate surface area is 177 Å². The van der Waals surface area contributed by atoms with Crippen LogP contribution in [0.1, 0.15) is 0 Å². The number of hydrogen-bond donors (Lipinski definition) is 1. The van der Waals surface area contributed by atoms with Gasteiger partial charge in [0.2, 0.25) is 15.9 Å². The number of halogens is 4. The zero-order chi connectivity index (χ0) is 21.2. The number of nitrogens with one attached hydrogen (secondary N) is 1. The van der Waals surface area contributed by atoms with Gasteiger partial charge < -0.3 is 5.32 Å². The summed E-state index contributed by atoms with van der Waals surface area (Å²) in [5, 5.41) is 2.91. The SMILES string of the molecule is O=C(CN1CCN(S(=O)(=O)c2ccc(Cl)c(Cl)c2)CC1)Nc1ccc(F)c(F)c1. The lowest BCUT2D eigenvalue weighted by Crippen LogP contribution is -2.50. The van der Waals surface area contributed by atoms with Gasteiger partial charge in [0.25, 0.3) is 0 Å². The molecule has 29 heavy (non-hydrogen) atoms. The molecule has 1 fully saturated rings. The van der Waals surface area contributed by atoms with Crippen LogP contribution in [0.4, 0.5) is 14.5 Å². The molecule has 11 heteroatoms. The quantitative estimate of drug-likeness (QED) is 0.738. The summed E-state index contributed by atoms with van der Waals surface area (Å²) in [5.74, 6) is -2.46. The number of benzene rings is 2. The van der Waals surface area contributed by atoms with Gasteiger partial charge in [0.15, 0.2) is 11.6 Å². The van der Waals surface area contributed by atoms with Crippen LogP contribution in [-0.2, 0) is 14.8 Å². The van der Waals surface area contributed by atoms with Gasteiger partial charge in [0, 0.05) is 37.9 Å². The van der Waals surface area contributed by atoms with Gasteiger partial charge >= 0.3 is 0 Å². The highest BCUT2D eigenvalue weighted by molar-refractivity contribution is 7.89. The normalized spacial score (nSPS) is 16.0. The number of carbonyl (C=O) groups excluding carboxylic acids is 1. The van der Waals surface area contributed by atoms with E-state index in [1.807, 2.05) is 0 Å². The second-order valence-electron chi connectivity index (χ2n) is 6.43. The third-order valence-electron chi connectivity index (χ3n) is 4.43. The Morgan fingerprint density at radius 1 is 0.966 bits per heavy atom. The van der Waals surface area contributed by atoms with E-state index in [4.69, 9.17) is 23.2 Å². The molecule has 156 valence electrons. The molecule has 2 aromatic rings. The molecule has 1 heterocycles. The number of anilines is 1. The minimum atomic E-state index is -3.72. The lowest BCUT2D eigenvalue weighted by molar-refractivity contribution is -0.117. The van der Waals surface area contributed by atoms with Crippen LogP contribution in [0.2, 0.25) is 10.0 Å². The van der Waals surface area contributed by atoms with Crippen LogP contribution in [0.15, 0.2) is 41.3 Å². The third kappa shape index (κ3) is 5.23. The second kappa shape index (κ2) is 8.93. The molecule has 0 bridgehead atoms. The van der Waals surface area contributed by atoms with E-state index in [-0.39, 0.29) is 40.3 Å². The highest BCUT2D eigenvalue weighted by atomic mass is 35.5. The van der Waals surface area contributed by atoms with Crippen molar-refractivity contribution in [3.05, 3.63) is 58.1 Å². The molecule has 1 aliphatic heterocycles. The first kappa shape index (κ1) is 21.9.